The molecule has 19 heavy (non-hydrogen) atoms. The number of alkyl halides is 3. The number of nitrogens with two attached hydrogens (primary N) is 1. The molecule has 2 aromatic heterocycles. The Morgan fingerprint density at radius 1 is 1.37 bits per heavy atom. The molecule has 10 heteroatoms. The molecule has 0 aliphatic heterocycles. The number of nitrogens with zero attached hydrogens (tertiary/aromatic N) is 4. The minimum atomic E-state index is -4.62. The second-order valence-electron chi connectivity index (χ2n) is 3.58. The molecule has 0 spiro atoms. The monoisotopic (exact) mass is 292 g/mol. The number of hydrogen-bond acceptors (Lipinski definition) is 5. The van der Waals surface area contributed by atoms with Crippen LogP contribution in [0.3, 0.4) is 0 Å². The van der Waals surface area contributed by atoms with Gasteiger partial charge in [-0.3, -0.25) is 5.43 Å². The maximum Gasteiger partial charge on any atom is 0.433 e. The normalized spacial score (nSPS) is 11.7. The van der Waals surface area contributed by atoms with Gasteiger partial charge in [0.1, 0.15) is 0 Å². The molecule has 0 aliphatic carbocycles. The van der Waals surface area contributed by atoms with Gasteiger partial charge in [0.25, 0.3) is 0 Å². The van der Waals surface area contributed by atoms with Gasteiger partial charge in [-0.25, -0.2) is 15.5 Å². The number of nitrogens with one attached hydrogen (secondary N) is 1. The van der Waals surface area contributed by atoms with E-state index in [1.165, 1.54) is 6.20 Å². The SMILES string of the molecule is Cc1nn(-c2cc(C(F)(F)F)nc(NN)n2)cc1Cl. The Bertz CT molecular complexity index is 589. The number of rotatable bonds is 2. The van der Waals surface area contributed by atoms with E-state index in [-0.39, 0.29) is 11.8 Å². The highest BCUT2D eigenvalue weighted by atomic mass is 35.5. The zero-order valence-corrected chi connectivity index (χ0v) is 10.3. The van der Waals surface area contributed by atoms with Crippen LogP contribution in [0.5, 0.6) is 0 Å². The lowest BCUT2D eigenvalue weighted by atomic mass is 10.4. The molecule has 0 amide bonds. The molecule has 6 nitrogen and oxygen atoms in total. The molecule has 3 N–H and O–H groups in total. The van der Waals surface area contributed by atoms with Crippen LogP contribution in [0.2, 0.25) is 5.02 Å². The van der Waals surface area contributed by atoms with Crippen molar-refractivity contribution < 1.29 is 13.2 Å². The van der Waals surface area contributed by atoms with Crippen molar-refractivity contribution in [2.24, 2.45) is 5.84 Å². The van der Waals surface area contributed by atoms with Crippen LogP contribution < -0.4 is 11.3 Å². The molecule has 0 bridgehead atoms. The largest absolute Gasteiger partial charge is 0.433 e. The first kappa shape index (κ1) is 13.6. The fourth-order valence-electron chi connectivity index (χ4n) is 1.32. The van der Waals surface area contributed by atoms with Crippen molar-refractivity contribution in [3.63, 3.8) is 0 Å². The van der Waals surface area contributed by atoms with Gasteiger partial charge < -0.3 is 0 Å². The average Bonchev–Trinajstić information content (AvgIpc) is 2.68. The van der Waals surface area contributed by atoms with E-state index in [4.69, 9.17) is 17.4 Å². The summed E-state index contributed by atoms with van der Waals surface area (Å²) in [4.78, 5) is 7.02. The van der Waals surface area contributed by atoms with Gasteiger partial charge in [0.15, 0.2) is 11.5 Å². The number of aryl methyl sites for hydroxylation is 1. The van der Waals surface area contributed by atoms with E-state index in [0.29, 0.717) is 10.7 Å². The van der Waals surface area contributed by atoms with E-state index in [9.17, 15) is 13.2 Å². The summed E-state index contributed by atoms with van der Waals surface area (Å²) >= 11 is 5.79. The molecule has 102 valence electrons. The minimum absolute atomic E-state index is 0.0923. The lowest BCUT2D eigenvalue weighted by Gasteiger charge is -2.09. The molecule has 2 aromatic rings. The first-order chi connectivity index (χ1) is 8.81. The molecular formula is C9H8ClF3N6. The topological polar surface area (TPSA) is 81.7 Å². The fourth-order valence-corrected chi connectivity index (χ4v) is 1.45. The van der Waals surface area contributed by atoms with Gasteiger partial charge in [-0.15, -0.1) is 0 Å². The molecule has 0 unspecified atom stereocenters. The van der Waals surface area contributed by atoms with E-state index < -0.39 is 11.9 Å². The molecule has 0 fully saturated rings. The third kappa shape index (κ3) is 2.76. The Morgan fingerprint density at radius 2 is 2.05 bits per heavy atom. The third-order valence-corrected chi connectivity index (χ3v) is 2.58. The van der Waals surface area contributed by atoms with Crippen LogP contribution in [0, 0.1) is 6.92 Å². The van der Waals surface area contributed by atoms with Crippen LogP contribution in [0.15, 0.2) is 12.3 Å². The molecule has 2 rings (SSSR count). The van der Waals surface area contributed by atoms with Crippen LogP contribution in [-0.2, 0) is 6.18 Å². The first-order valence-corrected chi connectivity index (χ1v) is 5.34. The Hall–Kier alpha value is -1.87. The summed E-state index contributed by atoms with van der Waals surface area (Å²) in [6.45, 7) is 1.62. The van der Waals surface area contributed by atoms with E-state index in [1.54, 1.807) is 6.92 Å². The number of hydrogen-bond donors (Lipinski definition) is 2. The van der Waals surface area contributed by atoms with E-state index >= 15 is 0 Å². The van der Waals surface area contributed by atoms with Gasteiger partial charge in [0.2, 0.25) is 5.95 Å². The number of halogens is 4. The smallest absolute Gasteiger partial charge is 0.292 e. The highest BCUT2D eigenvalue weighted by molar-refractivity contribution is 6.31. The van der Waals surface area contributed by atoms with Gasteiger partial charge in [0.05, 0.1) is 16.9 Å². The molecule has 0 atom stereocenters. The predicted molar refractivity (Wildman–Crippen MR) is 61.7 cm³/mol. The van der Waals surface area contributed by atoms with Crippen LogP contribution in [-0.4, -0.2) is 19.7 Å². The highest BCUT2D eigenvalue weighted by Gasteiger charge is 2.34. The quantitative estimate of drug-likeness (QED) is 0.653. The van der Waals surface area contributed by atoms with E-state index in [2.05, 4.69) is 15.1 Å². The van der Waals surface area contributed by atoms with E-state index in [0.717, 1.165) is 10.7 Å². The van der Waals surface area contributed by atoms with Crippen molar-refractivity contribution in [1.82, 2.24) is 19.7 Å². The van der Waals surface area contributed by atoms with Crippen molar-refractivity contribution in [2.75, 3.05) is 5.43 Å². The third-order valence-electron chi connectivity index (χ3n) is 2.21. The van der Waals surface area contributed by atoms with Crippen molar-refractivity contribution in [1.29, 1.82) is 0 Å². The fraction of sp³-hybridized carbons (Fsp3) is 0.222. The van der Waals surface area contributed by atoms with Crippen LogP contribution in [0.4, 0.5) is 19.1 Å². The summed E-state index contributed by atoms with van der Waals surface area (Å²) in [5, 5.41) is 4.25. The summed E-state index contributed by atoms with van der Waals surface area (Å²) in [6, 6.07) is 0.754. The molecule has 0 saturated heterocycles. The van der Waals surface area contributed by atoms with E-state index in [1.807, 2.05) is 5.43 Å². The Labute approximate surface area is 110 Å². The second-order valence-corrected chi connectivity index (χ2v) is 3.99. The lowest BCUT2D eigenvalue weighted by molar-refractivity contribution is -0.141. The standard InChI is InChI=1S/C9H8ClF3N6/c1-4-5(10)3-19(18-4)7-2-6(9(11,12)13)15-8(16-7)17-14/h2-3H,14H2,1H3,(H,15,16,17). The zero-order chi connectivity index (χ0) is 14.2. The van der Waals surface area contributed by atoms with Crippen LogP contribution in [0.25, 0.3) is 5.82 Å². The number of hydrazine groups is 1. The van der Waals surface area contributed by atoms with Crippen LogP contribution >= 0.6 is 11.6 Å². The number of anilines is 1. The predicted octanol–water partition coefficient (Wildman–Crippen LogP) is 1.93. The van der Waals surface area contributed by atoms with Gasteiger partial charge in [-0.05, 0) is 6.92 Å². The van der Waals surface area contributed by atoms with Crippen molar-refractivity contribution in [3.8, 4) is 5.82 Å². The van der Waals surface area contributed by atoms with Gasteiger partial charge >= 0.3 is 6.18 Å². The minimum Gasteiger partial charge on any atom is -0.292 e. The molecule has 0 aromatic carbocycles. The van der Waals surface area contributed by atoms with Gasteiger partial charge in [-0.1, -0.05) is 11.6 Å². The molecule has 2 heterocycles. The average molecular weight is 293 g/mol. The Morgan fingerprint density at radius 3 is 2.53 bits per heavy atom. The summed E-state index contributed by atoms with van der Waals surface area (Å²) in [6.07, 6.45) is -3.27. The first-order valence-electron chi connectivity index (χ1n) is 4.96. The van der Waals surface area contributed by atoms with Crippen molar-refractivity contribution in [3.05, 3.63) is 28.7 Å². The highest BCUT2D eigenvalue weighted by Crippen LogP contribution is 2.29. The Kier molecular flexibility index (Phi) is 3.33. The maximum atomic E-state index is 12.7. The second kappa shape index (κ2) is 4.67. The zero-order valence-electron chi connectivity index (χ0n) is 9.53. The summed E-state index contributed by atoms with van der Waals surface area (Å²) in [5.74, 6) is 4.59. The summed E-state index contributed by atoms with van der Waals surface area (Å²) in [5.41, 5.74) is 1.31. The summed E-state index contributed by atoms with van der Waals surface area (Å²) in [7, 11) is 0. The van der Waals surface area contributed by atoms with Gasteiger partial charge in [-0.2, -0.15) is 23.3 Å². The molecular weight excluding hydrogens is 285 g/mol. The van der Waals surface area contributed by atoms with Crippen molar-refractivity contribution >= 4 is 17.5 Å². The van der Waals surface area contributed by atoms with Gasteiger partial charge in [0, 0.05) is 6.07 Å². The van der Waals surface area contributed by atoms with Crippen molar-refractivity contribution in [2.45, 2.75) is 13.1 Å². The number of aromatic nitrogens is 4. The maximum absolute atomic E-state index is 12.7. The molecule has 0 saturated carbocycles. The van der Waals surface area contributed by atoms with Crippen LogP contribution in [0.1, 0.15) is 11.4 Å². The molecule has 0 aliphatic rings. The number of nitrogen functional groups attached to an aromatic ring is 1. The molecule has 0 radical (unpaired) electrons. The lowest BCUT2D eigenvalue weighted by Crippen LogP contribution is -2.17. The Balaban J connectivity index is 2.57. The summed E-state index contributed by atoms with van der Waals surface area (Å²) < 4.78 is 39.1.